The normalized spacial score (nSPS) is 10.8. The van der Waals surface area contributed by atoms with Crippen molar-refractivity contribution in [3.63, 3.8) is 0 Å². The largest absolute Gasteiger partial charge is 0.481 e. The van der Waals surface area contributed by atoms with Gasteiger partial charge < -0.3 is 10.4 Å². The van der Waals surface area contributed by atoms with Crippen LogP contribution in [0.1, 0.15) is 32.1 Å². The third-order valence-corrected chi connectivity index (χ3v) is 3.43. The standard InChI is InChI=1S/C15H20N4O4/c20-13(16-9-4-1-2-7-14(21)22)8-11-19-15(23)18-10-5-3-6-12(18)17-19/h3,5-6,10H,1-2,4,7-9,11H2,(H,16,20)(H,21,22). The van der Waals surface area contributed by atoms with Gasteiger partial charge in [0, 0.05) is 25.6 Å². The maximum Gasteiger partial charge on any atom is 0.350 e. The van der Waals surface area contributed by atoms with Gasteiger partial charge in [-0.25, -0.2) is 9.48 Å². The Morgan fingerprint density at radius 2 is 2.00 bits per heavy atom. The van der Waals surface area contributed by atoms with Gasteiger partial charge in [0.15, 0.2) is 5.65 Å². The van der Waals surface area contributed by atoms with Crippen LogP contribution in [-0.4, -0.2) is 37.7 Å². The van der Waals surface area contributed by atoms with Crippen LogP contribution in [0.3, 0.4) is 0 Å². The Kier molecular flexibility index (Phi) is 5.90. The molecule has 0 atom stereocenters. The average molecular weight is 320 g/mol. The van der Waals surface area contributed by atoms with E-state index < -0.39 is 5.97 Å². The van der Waals surface area contributed by atoms with Crippen molar-refractivity contribution < 1.29 is 14.7 Å². The number of carbonyl (C=O) groups excluding carboxylic acids is 1. The van der Waals surface area contributed by atoms with Gasteiger partial charge in [-0.2, -0.15) is 0 Å². The molecule has 0 aliphatic carbocycles. The summed E-state index contributed by atoms with van der Waals surface area (Å²) in [5, 5.41) is 15.4. The van der Waals surface area contributed by atoms with Crippen LogP contribution in [0.2, 0.25) is 0 Å². The summed E-state index contributed by atoms with van der Waals surface area (Å²) in [5.74, 6) is -0.945. The molecule has 0 aliphatic heterocycles. The van der Waals surface area contributed by atoms with E-state index in [-0.39, 0.29) is 31.0 Å². The zero-order valence-corrected chi connectivity index (χ0v) is 12.8. The van der Waals surface area contributed by atoms with Crippen molar-refractivity contribution in [2.45, 2.75) is 38.6 Å². The summed E-state index contributed by atoms with van der Waals surface area (Å²) in [7, 11) is 0. The predicted octanol–water partition coefficient (Wildman–Crippen LogP) is 0.647. The van der Waals surface area contributed by atoms with E-state index in [4.69, 9.17) is 5.11 Å². The van der Waals surface area contributed by atoms with Crippen molar-refractivity contribution in [1.29, 1.82) is 0 Å². The molecular formula is C15H20N4O4. The van der Waals surface area contributed by atoms with E-state index in [2.05, 4.69) is 10.4 Å². The fraction of sp³-hybridized carbons (Fsp3) is 0.467. The maximum atomic E-state index is 12.0. The van der Waals surface area contributed by atoms with Crippen LogP contribution >= 0.6 is 0 Å². The number of aryl methyl sites for hydroxylation is 1. The number of carboxylic acid groups (broad SMARTS) is 1. The number of carboxylic acids is 1. The van der Waals surface area contributed by atoms with Crippen molar-refractivity contribution >= 4 is 17.5 Å². The van der Waals surface area contributed by atoms with E-state index in [1.54, 1.807) is 24.4 Å². The van der Waals surface area contributed by atoms with Gasteiger partial charge in [0.2, 0.25) is 5.91 Å². The highest BCUT2D eigenvalue weighted by molar-refractivity contribution is 5.75. The van der Waals surface area contributed by atoms with E-state index in [1.165, 1.54) is 9.08 Å². The summed E-state index contributed by atoms with van der Waals surface area (Å²) >= 11 is 0. The molecule has 8 nitrogen and oxygen atoms in total. The highest BCUT2D eigenvalue weighted by Gasteiger charge is 2.08. The molecule has 2 N–H and O–H groups in total. The van der Waals surface area contributed by atoms with E-state index in [9.17, 15) is 14.4 Å². The Morgan fingerprint density at radius 1 is 1.17 bits per heavy atom. The number of aliphatic carboxylic acids is 1. The molecule has 2 heterocycles. The molecule has 0 saturated heterocycles. The first-order valence-electron chi connectivity index (χ1n) is 7.60. The van der Waals surface area contributed by atoms with Gasteiger partial charge in [0.05, 0.1) is 6.54 Å². The molecule has 0 aliphatic rings. The lowest BCUT2D eigenvalue weighted by Crippen LogP contribution is -2.28. The highest BCUT2D eigenvalue weighted by atomic mass is 16.4. The van der Waals surface area contributed by atoms with Crippen LogP contribution in [0, 0.1) is 0 Å². The zero-order valence-electron chi connectivity index (χ0n) is 12.8. The van der Waals surface area contributed by atoms with Crippen molar-refractivity contribution in [1.82, 2.24) is 19.5 Å². The number of nitrogens with one attached hydrogen (secondary N) is 1. The molecule has 2 aromatic heterocycles. The third-order valence-electron chi connectivity index (χ3n) is 3.43. The quantitative estimate of drug-likeness (QED) is 0.660. The number of fused-ring (bicyclic) bond motifs is 1. The van der Waals surface area contributed by atoms with Crippen LogP contribution in [0.25, 0.3) is 5.65 Å². The van der Waals surface area contributed by atoms with Crippen LogP contribution in [0.4, 0.5) is 0 Å². The number of aromatic nitrogens is 3. The Morgan fingerprint density at radius 3 is 2.74 bits per heavy atom. The molecule has 0 saturated carbocycles. The van der Waals surface area contributed by atoms with Crippen molar-refractivity contribution in [2.24, 2.45) is 0 Å². The SMILES string of the molecule is O=C(O)CCCCCNC(=O)CCn1nc2ccccn2c1=O. The molecule has 2 rings (SSSR count). The molecule has 0 bridgehead atoms. The molecule has 0 fully saturated rings. The van der Waals surface area contributed by atoms with Gasteiger partial charge in [-0.3, -0.25) is 14.0 Å². The lowest BCUT2D eigenvalue weighted by molar-refractivity contribution is -0.137. The Balaban J connectivity index is 1.70. The number of hydrogen-bond donors (Lipinski definition) is 2. The van der Waals surface area contributed by atoms with Crippen LogP contribution in [0.5, 0.6) is 0 Å². The molecule has 0 aromatic carbocycles. The first-order valence-corrected chi connectivity index (χ1v) is 7.60. The minimum Gasteiger partial charge on any atom is -0.481 e. The molecule has 124 valence electrons. The predicted molar refractivity (Wildman–Crippen MR) is 83.2 cm³/mol. The summed E-state index contributed by atoms with van der Waals surface area (Å²) in [6.45, 7) is 0.740. The monoisotopic (exact) mass is 320 g/mol. The van der Waals surface area contributed by atoms with E-state index in [0.29, 0.717) is 18.6 Å². The minimum absolute atomic E-state index is 0.146. The van der Waals surface area contributed by atoms with E-state index in [0.717, 1.165) is 12.8 Å². The molecular weight excluding hydrogens is 300 g/mol. The van der Waals surface area contributed by atoms with Gasteiger partial charge in [-0.05, 0) is 25.0 Å². The average Bonchev–Trinajstić information content (AvgIpc) is 2.85. The first-order chi connectivity index (χ1) is 11.1. The van der Waals surface area contributed by atoms with Crippen LogP contribution in [0.15, 0.2) is 29.2 Å². The van der Waals surface area contributed by atoms with Crippen molar-refractivity contribution in [3.05, 3.63) is 34.9 Å². The Hall–Kier alpha value is -2.64. The Labute approximate surface area is 132 Å². The van der Waals surface area contributed by atoms with Gasteiger partial charge >= 0.3 is 11.7 Å². The summed E-state index contributed by atoms with van der Waals surface area (Å²) < 4.78 is 2.71. The van der Waals surface area contributed by atoms with Crippen molar-refractivity contribution in [2.75, 3.05) is 6.54 Å². The van der Waals surface area contributed by atoms with Crippen LogP contribution in [-0.2, 0) is 16.1 Å². The molecule has 1 amide bonds. The van der Waals surface area contributed by atoms with Gasteiger partial charge in [-0.1, -0.05) is 12.5 Å². The number of hydrogen-bond acceptors (Lipinski definition) is 4. The number of pyridine rings is 1. The van der Waals surface area contributed by atoms with E-state index in [1.807, 2.05) is 0 Å². The highest BCUT2D eigenvalue weighted by Crippen LogP contribution is 1.99. The van der Waals surface area contributed by atoms with Crippen molar-refractivity contribution in [3.8, 4) is 0 Å². The summed E-state index contributed by atoms with van der Waals surface area (Å²) in [4.78, 5) is 34.1. The van der Waals surface area contributed by atoms with Gasteiger partial charge in [0.1, 0.15) is 0 Å². The number of nitrogens with zero attached hydrogens (tertiary/aromatic N) is 3. The third kappa shape index (κ3) is 4.94. The topological polar surface area (TPSA) is 106 Å². The summed E-state index contributed by atoms with van der Waals surface area (Å²) in [5.41, 5.74) is 0.290. The van der Waals surface area contributed by atoms with Gasteiger partial charge in [-0.15, -0.1) is 5.10 Å². The molecule has 0 radical (unpaired) electrons. The minimum atomic E-state index is -0.799. The van der Waals surface area contributed by atoms with Gasteiger partial charge in [0.25, 0.3) is 0 Å². The number of amides is 1. The second-order valence-electron chi connectivity index (χ2n) is 5.24. The lowest BCUT2D eigenvalue weighted by atomic mass is 10.2. The first kappa shape index (κ1) is 16.7. The molecule has 2 aromatic rings. The molecule has 8 heteroatoms. The molecule has 0 unspecified atom stereocenters. The fourth-order valence-corrected chi connectivity index (χ4v) is 2.22. The lowest BCUT2D eigenvalue weighted by Gasteiger charge is -2.04. The molecule has 23 heavy (non-hydrogen) atoms. The second-order valence-corrected chi connectivity index (χ2v) is 5.24. The van der Waals surface area contributed by atoms with E-state index >= 15 is 0 Å². The number of rotatable bonds is 9. The zero-order chi connectivity index (χ0) is 16.7. The number of carbonyl (C=O) groups is 2. The summed E-state index contributed by atoms with van der Waals surface area (Å²) in [6.07, 6.45) is 4.09. The summed E-state index contributed by atoms with van der Waals surface area (Å²) in [6, 6.07) is 5.27. The van der Waals surface area contributed by atoms with Crippen LogP contribution < -0.4 is 11.0 Å². The second kappa shape index (κ2) is 8.11. The Bertz CT molecular complexity index is 734. The maximum absolute atomic E-state index is 12.0. The fourth-order valence-electron chi connectivity index (χ4n) is 2.22. The molecule has 0 spiro atoms. The smallest absolute Gasteiger partial charge is 0.350 e. The number of unbranched alkanes of at least 4 members (excludes halogenated alkanes) is 2.